The van der Waals surface area contributed by atoms with Crippen LogP contribution in [0, 0.1) is 11.3 Å². The number of hydrogen-bond donors (Lipinski definition) is 0. The van der Waals surface area contributed by atoms with E-state index in [-0.39, 0.29) is 5.41 Å². The standard InChI is InChI=1S/C13H17N/c1-4-5-11-6-8-12(9-7-11)13(2,3)10-14/h6-9H,4-5H2,1-3H3. The highest BCUT2D eigenvalue weighted by Crippen LogP contribution is 2.22. The summed E-state index contributed by atoms with van der Waals surface area (Å²) in [5.41, 5.74) is 2.08. The Hall–Kier alpha value is -1.29. The van der Waals surface area contributed by atoms with Crippen LogP contribution in [0.1, 0.15) is 38.3 Å². The predicted molar refractivity (Wildman–Crippen MR) is 59.1 cm³/mol. The Morgan fingerprint density at radius 1 is 1.21 bits per heavy atom. The molecule has 74 valence electrons. The molecule has 0 aliphatic rings. The van der Waals surface area contributed by atoms with E-state index in [9.17, 15) is 0 Å². The fourth-order valence-electron chi connectivity index (χ4n) is 1.44. The first-order valence-corrected chi connectivity index (χ1v) is 5.11. The smallest absolute Gasteiger partial charge is 0.0766 e. The molecule has 1 nitrogen and oxygen atoms in total. The lowest BCUT2D eigenvalue weighted by Gasteiger charge is -2.15. The van der Waals surface area contributed by atoms with Gasteiger partial charge in [0.15, 0.2) is 0 Å². The Bertz CT molecular complexity index is 327. The Balaban J connectivity index is 2.90. The van der Waals surface area contributed by atoms with Gasteiger partial charge in [-0.3, -0.25) is 0 Å². The zero-order valence-corrected chi connectivity index (χ0v) is 9.17. The fourth-order valence-corrected chi connectivity index (χ4v) is 1.44. The summed E-state index contributed by atoms with van der Waals surface area (Å²) in [6.07, 6.45) is 2.29. The van der Waals surface area contributed by atoms with E-state index in [0.717, 1.165) is 12.0 Å². The molecule has 1 rings (SSSR count). The van der Waals surface area contributed by atoms with Crippen molar-refractivity contribution in [3.05, 3.63) is 35.4 Å². The Morgan fingerprint density at radius 3 is 2.21 bits per heavy atom. The minimum absolute atomic E-state index is 0.370. The summed E-state index contributed by atoms with van der Waals surface area (Å²) in [6, 6.07) is 10.7. The molecule has 0 radical (unpaired) electrons. The maximum absolute atomic E-state index is 8.97. The summed E-state index contributed by atoms with van der Waals surface area (Å²) >= 11 is 0. The molecular weight excluding hydrogens is 170 g/mol. The molecule has 0 amide bonds. The second-order valence-corrected chi connectivity index (χ2v) is 4.18. The zero-order chi connectivity index (χ0) is 10.6. The molecular formula is C13H17N. The molecule has 0 saturated carbocycles. The SMILES string of the molecule is CCCc1ccc(C(C)(C)C#N)cc1. The van der Waals surface area contributed by atoms with Gasteiger partial charge in [0.2, 0.25) is 0 Å². The van der Waals surface area contributed by atoms with Gasteiger partial charge in [-0.15, -0.1) is 0 Å². The van der Waals surface area contributed by atoms with E-state index in [4.69, 9.17) is 5.26 Å². The summed E-state index contributed by atoms with van der Waals surface area (Å²) in [5, 5.41) is 8.97. The van der Waals surface area contributed by atoms with Gasteiger partial charge in [0.1, 0.15) is 0 Å². The first kappa shape index (κ1) is 10.8. The van der Waals surface area contributed by atoms with Crippen LogP contribution >= 0.6 is 0 Å². The maximum atomic E-state index is 8.97. The van der Waals surface area contributed by atoms with Crippen LogP contribution in [0.25, 0.3) is 0 Å². The van der Waals surface area contributed by atoms with Crippen molar-refractivity contribution in [2.75, 3.05) is 0 Å². The van der Waals surface area contributed by atoms with Crippen molar-refractivity contribution in [2.45, 2.75) is 39.0 Å². The molecule has 1 aromatic rings. The second kappa shape index (κ2) is 4.28. The van der Waals surface area contributed by atoms with E-state index < -0.39 is 0 Å². The number of benzene rings is 1. The van der Waals surface area contributed by atoms with Gasteiger partial charge in [0.25, 0.3) is 0 Å². The topological polar surface area (TPSA) is 23.8 Å². The molecule has 1 heteroatoms. The Labute approximate surface area is 86.4 Å². The average Bonchev–Trinajstić information content (AvgIpc) is 2.19. The largest absolute Gasteiger partial charge is 0.197 e. The average molecular weight is 187 g/mol. The van der Waals surface area contributed by atoms with Crippen LogP contribution in [-0.4, -0.2) is 0 Å². The van der Waals surface area contributed by atoms with Gasteiger partial charge >= 0.3 is 0 Å². The van der Waals surface area contributed by atoms with Gasteiger partial charge in [0, 0.05) is 0 Å². The number of hydrogen-bond acceptors (Lipinski definition) is 1. The summed E-state index contributed by atoms with van der Waals surface area (Å²) in [4.78, 5) is 0. The molecule has 0 heterocycles. The van der Waals surface area contributed by atoms with E-state index in [1.54, 1.807) is 0 Å². The lowest BCUT2D eigenvalue weighted by atomic mass is 9.86. The quantitative estimate of drug-likeness (QED) is 0.711. The summed E-state index contributed by atoms with van der Waals surface area (Å²) in [5.74, 6) is 0. The number of rotatable bonds is 3. The lowest BCUT2D eigenvalue weighted by molar-refractivity contribution is 0.686. The van der Waals surface area contributed by atoms with Crippen molar-refractivity contribution >= 4 is 0 Å². The normalized spacial score (nSPS) is 11.0. The molecule has 0 saturated heterocycles. The molecule has 0 spiro atoms. The van der Waals surface area contributed by atoms with Crippen LogP contribution in [-0.2, 0) is 11.8 Å². The molecule has 0 aliphatic heterocycles. The van der Waals surface area contributed by atoms with Crippen LogP contribution in [0.2, 0.25) is 0 Å². The van der Waals surface area contributed by atoms with Gasteiger partial charge < -0.3 is 0 Å². The van der Waals surface area contributed by atoms with Gasteiger partial charge in [-0.1, -0.05) is 37.6 Å². The summed E-state index contributed by atoms with van der Waals surface area (Å²) in [7, 11) is 0. The molecule has 0 N–H and O–H groups in total. The van der Waals surface area contributed by atoms with Crippen LogP contribution in [0.5, 0.6) is 0 Å². The van der Waals surface area contributed by atoms with Crippen molar-refractivity contribution < 1.29 is 0 Å². The fraction of sp³-hybridized carbons (Fsp3) is 0.462. The van der Waals surface area contributed by atoms with Gasteiger partial charge in [-0.25, -0.2) is 0 Å². The highest BCUT2D eigenvalue weighted by atomic mass is 14.3. The molecule has 0 aromatic heterocycles. The van der Waals surface area contributed by atoms with Gasteiger partial charge in [-0.2, -0.15) is 5.26 Å². The predicted octanol–water partition coefficient (Wildman–Crippen LogP) is 3.44. The van der Waals surface area contributed by atoms with Crippen molar-refractivity contribution in [3.63, 3.8) is 0 Å². The lowest BCUT2D eigenvalue weighted by Crippen LogP contribution is -2.13. The molecule has 0 bridgehead atoms. The van der Waals surface area contributed by atoms with E-state index in [1.165, 1.54) is 12.0 Å². The highest BCUT2D eigenvalue weighted by molar-refractivity contribution is 5.32. The first-order chi connectivity index (χ1) is 6.60. The van der Waals surface area contributed by atoms with E-state index in [1.807, 2.05) is 13.8 Å². The zero-order valence-electron chi connectivity index (χ0n) is 9.17. The van der Waals surface area contributed by atoms with Crippen molar-refractivity contribution in [3.8, 4) is 6.07 Å². The minimum Gasteiger partial charge on any atom is -0.197 e. The Kier molecular flexibility index (Phi) is 3.30. The monoisotopic (exact) mass is 187 g/mol. The molecule has 0 unspecified atom stereocenters. The maximum Gasteiger partial charge on any atom is 0.0766 e. The van der Waals surface area contributed by atoms with Crippen LogP contribution < -0.4 is 0 Å². The van der Waals surface area contributed by atoms with E-state index in [2.05, 4.69) is 37.3 Å². The van der Waals surface area contributed by atoms with Crippen molar-refractivity contribution in [1.82, 2.24) is 0 Å². The summed E-state index contributed by atoms with van der Waals surface area (Å²) < 4.78 is 0. The van der Waals surface area contributed by atoms with Crippen molar-refractivity contribution in [2.24, 2.45) is 0 Å². The second-order valence-electron chi connectivity index (χ2n) is 4.18. The molecule has 14 heavy (non-hydrogen) atoms. The third kappa shape index (κ3) is 2.35. The number of nitrogens with zero attached hydrogens (tertiary/aromatic N) is 1. The third-order valence-electron chi connectivity index (χ3n) is 2.49. The first-order valence-electron chi connectivity index (χ1n) is 5.11. The van der Waals surface area contributed by atoms with E-state index >= 15 is 0 Å². The van der Waals surface area contributed by atoms with Crippen LogP contribution in [0.4, 0.5) is 0 Å². The molecule has 0 fully saturated rings. The van der Waals surface area contributed by atoms with Crippen molar-refractivity contribution in [1.29, 1.82) is 5.26 Å². The highest BCUT2D eigenvalue weighted by Gasteiger charge is 2.18. The van der Waals surface area contributed by atoms with Gasteiger partial charge in [-0.05, 0) is 31.4 Å². The van der Waals surface area contributed by atoms with Crippen LogP contribution in [0.15, 0.2) is 24.3 Å². The molecule has 0 aliphatic carbocycles. The van der Waals surface area contributed by atoms with Crippen LogP contribution in [0.3, 0.4) is 0 Å². The minimum atomic E-state index is -0.370. The number of nitriles is 1. The number of aryl methyl sites for hydroxylation is 1. The summed E-state index contributed by atoms with van der Waals surface area (Å²) in [6.45, 7) is 6.07. The van der Waals surface area contributed by atoms with Gasteiger partial charge in [0.05, 0.1) is 11.5 Å². The Morgan fingerprint density at radius 2 is 1.79 bits per heavy atom. The third-order valence-corrected chi connectivity index (χ3v) is 2.49. The molecule has 0 atom stereocenters. The molecule has 1 aromatic carbocycles. The van der Waals surface area contributed by atoms with E-state index in [0.29, 0.717) is 0 Å².